The van der Waals surface area contributed by atoms with E-state index in [-0.39, 0.29) is 0 Å². The summed E-state index contributed by atoms with van der Waals surface area (Å²) in [5.41, 5.74) is 0. The number of unbranched alkanes of at least 4 members (excludes halogenated alkanes) is 1. The smallest absolute Gasteiger partial charge is 0.140 e. The Labute approximate surface area is 114 Å². The summed E-state index contributed by atoms with van der Waals surface area (Å²) < 4.78 is 0. The Morgan fingerprint density at radius 1 is 1.17 bits per heavy atom. The molecule has 18 heavy (non-hydrogen) atoms. The summed E-state index contributed by atoms with van der Waals surface area (Å²) in [6, 6.07) is 10.4. The Morgan fingerprint density at radius 2 is 2.00 bits per heavy atom. The number of Topliss-reactive ketones (excluding diaryl/α,β-unsaturated/α-hetero) is 1. The zero-order chi connectivity index (χ0) is 12.6. The first-order valence-electron chi connectivity index (χ1n) is 6.61. The van der Waals surface area contributed by atoms with Gasteiger partial charge in [-0.15, -0.1) is 0 Å². The number of ketones is 1. The third-order valence-corrected chi connectivity index (χ3v) is 4.04. The van der Waals surface area contributed by atoms with Crippen LogP contribution in [0.1, 0.15) is 38.5 Å². The van der Waals surface area contributed by atoms with Gasteiger partial charge in [0.05, 0.1) is 0 Å². The minimum absolute atomic E-state index is 0.414. The Morgan fingerprint density at radius 3 is 2.72 bits per heavy atom. The van der Waals surface area contributed by atoms with Crippen LogP contribution in [-0.2, 0) is 4.79 Å². The van der Waals surface area contributed by atoms with E-state index in [9.17, 15) is 4.79 Å². The molecule has 0 amide bonds. The number of benzene rings is 1. The maximum absolute atomic E-state index is 11.4. The van der Waals surface area contributed by atoms with Gasteiger partial charge in [0, 0.05) is 17.2 Å². The van der Waals surface area contributed by atoms with Gasteiger partial charge in [-0.05, 0) is 49.6 Å². The van der Waals surface area contributed by atoms with Crippen LogP contribution >= 0.6 is 11.8 Å². The molecule has 0 saturated heterocycles. The van der Waals surface area contributed by atoms with Crippen molar-refractivity contribution in [3.05, 3.63) is 47.7 Å². The highest BCUT2D eigenvalue weighted by Crippen LogP contribution is 2.28. The van der Waals surface area contributed by atoms with Crippen LogP contribution in [0, 0.1) is 5.92 Å². The van der Waals surface area contributed by atoms with Crippen LogP contribution in [-0.4, -0.2) is 5.78 Å². The van der Waals surface area contributed by atoms with E-state index in [1.54, 1.807) is 11.8 Å². The normalized spacial score (nSPS) is 16.8. The molecule has 0 N–H and O–H groups in total. The van der Waals surface area contributed by atoms with Crippen molar-refractivity contribution in [2.24, 2.45) is 0 Å². The largest absolute Gasteiger partial charge is 0.299 e. The van der Waals surface area contributed by atoms with Crippen LogP contribution in [0.4, 0.5) is 0 Å². The van der Waals surface area contributed by atoms with Gasteiger partial charge in [-0.2, -0.15) is 0 Å². The lowest BCUT2D eigenvalue weighted by Crippen LogP contribution is -2.02. The molecule has 1 aromatic rings. The van der Waals surface area contributed by atoms with Crippen LogP contribution in [0.3, 0.4) is 0 Å². The van der Waals surface area contributed by atoms with Crippen molar-refractivity contribution in [2.75, 3.05) is 0 Å². The van der Waals surface area contributed by atoms with Crippen LogP contribution in [0.15, 0.2) is 46.7 Å². The highest BCUT2D eigenvalue weighted by Gasteiger charge is 2.23. The number of hydrogen-bond donors (Lipinski definition) is 0. The van der Waals surface area contributed by atoms with Crippen LogP contribution in [0.2, 0.25) is 0 Å². The second kappa shape index (κ2) is 7.42. The van der Waals surface area contributed by atoms with Crippen molar-refractivity contribution in [1.29, 1.82) is 0 Å². The minimum atomic E-state index is 0.414. The number of thioether (sulfide) groups is 1. The summed E-state index contributed by atoms with van der Waals surface area (Å²) in [7, 11) is 0. The second-order valence-electron chi connectivity index (χ2n) is 4.58. The van der Waals surface area contributed by atoms with Gasteiger partial charge < -0.3 is 0 Å². The van der Waals surface area contributed by atoms with Crippen molar-refractivity contribution in [3.63, 3.8) is 0 Å². The fourth-order valence-corrected chi connectivity index (χ4v) is 2.87. The van der Waals surface area contributed by atoms with Crippen molar-refractivity contribution >= 4 is 17.5 Å². The van der Waals surface area contributed by atoms with Gasteiger partial charge in [-0.3, -0.25) is 4.79 Å². The molecule has 2 heteroatoms. The molecule has 0 atom stereocenters. The topological polar surface area (TPSA) is 17.1 Å². The number of hydrogen-bond acceptors (Lipinski definition) is 2. The summed E-state index contributed by atoms with van der Waals surface area (Å²) in [5.74, 6) is 1.59. The molecule has 2 rings (SSSR count). The van der Waals surface area contributed by atoms with Crippen molar-refractivity contribution in [2.45, 2.75) is 43.4 Å². The molecule has 1 aliphatic carbocycles. The quantitative estimate of drug-likeness (QED) is 0.539. The van der Waals surface area contributed by atoms with E-state index >= 15 is 0 Å². The third-order valence-electron chi connectivity index (χ3n) is 3.17. The van der Waals surface area contributed by atoms with Crippen molar-refractivity contribution in [3.8, 4) is 0 Å². The zero-order valence-electron chi connectivity index (χ0n) is 10.6. The maximum Gasteiger partial charge on any atom is 0.140 e. The first-order chi connectivity index (χ1) is 8.86. The summed E-state index contributed by atoms with van der Waals surface area (Å²) in [6.07, 6.45) is 8.28. The molecule has 0 spiro atoms. The Kier molecular flexibility index (Phi) is 5.53. The van der Waals surface area contributed by atoms with E-state index in [4.69, 9.17) is 0 Å². The SMILES string of the molecule is O=C1CCC[C]1CCC/C=C\Sc1ccccc1. The number of carbonyl (C=O) groups is 1. The molecule has 0 aromatic heterocycles. The summed E-state index contributed by atoms with van der Waals surface area (Å²) in [5, 5.41) is 2.15. The molecule has 0 bridgehead atoms. The minimum Gasteiger partial charge on any atom is -0.299 e. The van der Waals surface area contributed by atoms with E-state index in [1.807, 2.05) is 6.07 Å². The molecule has 1 saturated carbocycles. The van der Waals surface area contributed by atoms with Crippen LogP contribution in [0.5, 0.6) is 0 Å². The van der Waals surface area contributed by atoms with Gasteiger partial charge in [0.25, 0.3) is 0 Å². The molecule has 95 valence electrons. The van der Waals surface area contributed by atoms with Crippen LogP contribution in [0.25, 0.3) is 0 Å². The molecule has 1 radical (unpaired) electrons. The van der Waals surface area contributed by atoms with Gasteiger partial charge >= 0.3 is 0 Å². The van der Waals surface area contributed by atoms with Gasteiger partial charge in [0.15, 0.2) is 0 Å². The summed E-state index contributed by atoms with van der Waals surface area (Å²) in [6.45, 7) is 0. The highest BCUT2D eigenvalue weighted by atomic mass is 32.2. The molecule has 0 heterocycles. The van der Waals surface area contributed by atoms with E-state index in [0.29, 0.717) is 5.78 Å². The Bertz CT molecular complexity index is 397. The average Bonchev–Trinajstić information content (AvgIpc) is 2.81. The number of allylic oxidation sites excluding steroid dienone is 1. The standard InChI is InChI=1S/C16H19OS/c17-16-12-7-9-14(16)8-3-2-6-13-18-15-10-4-1-5-11-15/h1,4-6,10-11,13H,2-3,7-9,12H2/b13-6-. The van der Waals surface area contributed by atoms with Gasteiger partial charge in [-0.1, -0.05) is 36.0 Å². The molecule has 1 aliphatic rings. The lowest BCUT2D eigenvalue weighted by Gasteiger charge is -2.04. The van der Waals surface area contributed by atoms with Crippen LogP contribution < -0.4 is 0 Å². The Balaban J connectivity index is 1.59. The summed E-state index contributed by atoms with van der Waals surface area (Å²) >= 11 is 1.75. The number of rotatable bonds is 6. The van der Waals surface area contributed by atoms with E-state index in [2.05, 4.69) is 35.7 Å². The van der Waals surface area contributed by atoms with Crippen molar-refractivity contribution < 1.29 is 4.79 Å². The fourth-order valence-electron chi connectivity index (χ4n) is 2.17. The predicted octanol–water partition coefficient (Wildman–Crippen LogP) is 4.79. The van der Waals surface area contributed by atoms with E-state index in [1.165, 1.54) is 10.8 Å². The van der Waals surface area contributed by atoms with Gasteiger partial charge in [0.1, 0.15) is 5.78 Å². The summed E-state index contributed by atoms with van der Waals surface area (Å²) in [4.78, 5) is 12.7. The third kappa shape index (κ3) is 4.34. The molecule has 0 unspecified atom stereocenters. The van der Waals surface area contributed by atoms with Gasteiger partial charge in [-0.25, -0.2) is 0 Å². The number of carbonyl (C=O) groups excluding carboxylic acids is 1. The van der Waals surface area contributed by atoms with Gasteiger partial charge in [0.2, 0.25) is 0 Å². The highest BCUT2D eigenvalue weighted by molar-refractivity contribution is 8.02. The lowest BCUT2D eigenvalue weighted by atomic mass is 10.00. The Hall–Kier alpha value is -1.02. The molecule has 0 aliphatic heterocycles. The average molecular weight is 259 g/mol. The molecule has 1 fully saturated rings. The first-order valence-corrected chi connectivity index (χ1v) is 7.49. The first kappa shape index (κ1) is 13.4. The second-order valence-corrected chi connectivity index (χ2v) is 5.55. The maximum atomic E-state index is 11.4. The fraction of sp³-hybridized carbons (Fsp3) is 0.375. The zero-order valence-corrected chi connectivity index (χ0v) is 11.4. The molecular weight excluding hydrogens is 240 g/mol. The van der Waals surface area contributed by atoms with E-state index in [0.717, 1.165) is 38.5 Å². The molecule has 1 aromatic carbocycles. The predicted molar refractivity (Wildman–Crippen MR) is 77.4 cm³/mol. The lowest BCUT2D eigenvalue weighted by molar-refractivity contribution is -0.116. The molecule has 1 nitrogen and oxygen atoms in total. The molecular formula is C16H19OS. The van der Waals surface area contributed by atoms with Crippen molar-refractivity contribution in [1.82, 2.24) is 0 Å². The monoisotopic (exact) mass is 259 g/mol. The van der Waals surface area contributed by atoms with E-state index < -0.39 is 0 Å².